The number of amides is 1. The van der Waals surface area contributed by atoms with Crippen LogP contribution in [0.5, 0.6) is 5.88 Å². The van der Waals surface area contributed by atoms with E-state index in [2.05, 4.69) is 10.3 Å². The Bertz CT molecular complexity index is 618. The van der Waals surface area contributed by atoms with Crippen molar-refractivity contribution >= 4 is 27.3 Å². The summed E-state index contributed by atoms with van der Waals surface area (Å²) in [5.41, 5.74) is 0.0434. The molecule has 8 heteroatoms. The van der Waals surface area contributed by atoms with Crippen LogP contribution in [0.3, 0.4) is 0 Å². The first-order valence-electron chi connectivity index (χ1n) is 6.22. The van der Waals surface area contributed by atoms with Crippen LogP contribution in [-0.4, -0.2) is 43.5 Å². The van der Waals surface area contributed by atoms with Gasteiger partial charge in [0.2, 0.25) is 5.88 Å². The van der Waals surface area contributed by atoms with Crippen LogP contribution in [0.25, 0.3) is 0 Å². The molecular formula is C12H15ClN2O4S. The van der Waals surface area contributed by atoms with Gasteiger partial charge in [0.15, 0.2) is 15.5 Å². The second kappa shape index (κ2) is 5.97. The van der Waals surface area contributed by atoms with Gasteiger partial charge in [-0.15, -0.1) is 0 Å². The van der Waals surface area contributed by atoms with Crippen LogP contribution in [0.15, 0.2) is 12.1 Å². The number of carbonyl (C=O) groups excluding carboxylic acids is 1. The zero-order chi connectivity index (χ0) is 14.8. The molecule has 1 fully saturated rings. The zero-order valence-corrected chi connectivity index (χ0v) is 12.5. The molecule has 1 aliphatic heterocycles. The SMILES string of the molecule is CCOc1ccc(Cl)c(C(=O)NC2CCS(=O)(=O)C2)n1. The molecule has 1 saturated heterocycles. The number of carbonyl (C=O) groups is 1. The highest BCUT2D eigenvalue weighted by Crippen LogP contribution is 2.19. The van der Waals surface area contributed by atoms with Crippen LogP contribution in [-0.2, 0) is 9.84 Å². The van der Waals surface area contributed by atoms with E-state index in [4.69, 9.17) is 16.3 Å². The van der Waals surface area contributed by atoms with Crippen molar-refractivity contribution in [3.63, 3.8) is 0 Å². The quantitative estimate of drug-likeness (QED) is 0.897. The van der Waals surface area contributed by atoms with E-state index in [-0.39, 0.29) is 28.3 Å². The molecule has 1 N–H and O–H groups in total. The van der Waals surface area contributed by atoms with Gasteiger partial charge in [-0.1, -0.05) is 11.6 Å². The minimum atomic E-state index is -3.04. The van der Waals surface area contributed by atoms with Crippen LogP contribution >= 0.6 is 11.6 Å². The highest BCUT2D eigenvalue weighted by Gasteiger charge is 2.29. The Balaban J connectivity index is 2.11. The van der Waals surface area contributed by atoms with Crippen molar-refractivity contribution in [1.82, 2.24) is 10.3 Å². The number of ether oxygens (including phenoxy) is 1. The third-order valence-electron chi connectivity index (χ3n) is 2.90. The molecule has 20 heavy (non-hydrogen) atoms. The molecular weight excluding hydrogens is 304 g/mol. The fourth-order valence-electron chi connectivity index (χ4n) is 1.97. The minimum absolute atomic E-state index is 0.0402. The van der Waals surface area contributed by atoms with E-state index >= 15 is 0 Å². The van der Waals surface area contributed by atoms with Crippen LogP contribution in [0.4, 0.5) is 0 Å². The Morgan fingerprint density at radius 1 is 1.55 bits per heavy atom. The average Bonchev–Trinajstić information content (AvgIpc) is 2.71. The maximum atomic E-state index is 12.1. The molecule has 1 aliphatic rings. The summed E-state index contributed by atoms with van der Waals surface area (Å²) in [5, 5.41) is 2.84. The molecule has 0 radical (unpaired) electrons. The van der Waals surface area contributed by atoms with Gasteiger partial charge in [-0.25, -0.2) is 13.4 Å². The Hall–Kier alpha value is -1.34. The van der Waals surface area contributed by atoms with Crippen LogP contribution in [0.2, 0.25) is 5.02 Å². The zero-order valence-electron chi connectivity index (χ0n) is 10.9. The van der Waals surface area contributed by atoms with Crippen LogP contribution in [0, 0.1) is 0 Å². The molecule has 0 aliphatic carbocycles. The number of nitrogens with one attached hydrogen (secondary N) is 1. The molecule has 0 spiro atoms. The predicted molar refractivity (Wildman–Crippen MR) is 74.9 cm³/mol. The number of hydrogen-bond donors (Lipinski definition) is 1. The Morgan fingerprint density at radius 3 is 2.90 bits per heavy atom. The first-order valence-corrected chi connectivity index (χ1v) is 8.42. The normalized spacial score (nSPS) is 20.6. The molecule has 1 atom stereocenters. The van der Waals surface area contributed by atoms with Gasteiger partial charge in [0, 0.05) is 12.1 Å². The third-order valence-corrected chi connectivity index (χ3v) is 4.97. The second-order valence-electron chi connectivity index (χ2n) is 4.49. The number of hydrogen-bond acceptors (Lipinski definition) is 5. The topological polar surface area (TPSA) is 85.4 Å². The summed E-state index contributed by atoms with van der Waals surface area (Å²) in [4.78, 5) is 16.1. The molecule has 0 saturated carbocycles. The molecule has 0 aromatic carbocycles. The molecule has 1 aromatic rings. The smallest absolute Gasteiger partial charge is 0.271 e. The maximum absolute atomic E-state index is 12.1. The van der Waals surface area contributed by atoms with Crippen molar-refractivity contribution in [3.05, 3.63) is 22.8 Å². The fourth-order valence-corrected chi connectivity index (χ4v) is 3.84. The number of sulfone groups is 1. The van der Waals surface area contributed by atoms with E-state index in [0.717, 1.165) is 0 Å². The van der Waals surface area contributed by atoms with Gasteiger partial charge in [0.05, 0.1) is 23.1 Å². The second-order valence-corrected chi connectivity index (χ2v) is 7.12. The van der Waals surface area contributed by atoms with Crippen LogP contribution < -0.4 is 10.1 Å². The maximum Gasteiger partial charge on any atom is 0.271 e. The minimum Gasteiger partial charge on any atom is -0.478 e. The monoisotopic (exact) mass is 318 g/mol. The Kier molecular flexibility index (Phi) is 4.49. The third kappa shape index (κ3) is 3.61. The van der Waals surface area contributed by atoms with E-state index in [1.165, 1.54) is 6.07 Å². The summed E-state index contributed by atoms with van der Waals surface area (Å²) in [6.07, 6.45) is 0.414. The molecule has 2 rings (SSSR count). The largest absolute Gasteiger partial charge is 0.478 e. The fraction of sp³-hybridized carbons (Fsp3) is 0.500. The highest BCUT2D eigenvalue weighted by atomic mass is 35.5. The van der Waals surface area contributed by atoms with E-state index in [9.17, 15) is 13.2 Å². The van der Waals surface area contributed by atoms with Crippen molar-refractivity contribution < 1.29 is 17.9 Å². The van der Waals surface area contributed by atoms with E-state index in [1.54, 1.807) is 13.0 Å². The molecule has 0 bridgehead atoms. The number of rotatable bonds is 4. The first-order chi connectivity index (χ1) is 9.41. The molecule has 1 unspecified atom stereocenters. The number of halogens is 1. The average molecular weight is 319 g/mol. The lowest BCUT2D eigenvalue weighted by atomic mass is 10.2. The lowest BCUT2D eigenvalue weighted by molar-refractivity contribution is 0.0935. The molecule has 2 heterocycles. The summed E-state index contributed by atoms with van der Waals surface area (Å²) in [6, 6.07) is 2.71. The van der Waals surface area contributed by atoms with Gasteiger partial charge in [-0.2, -0.15) is 0 Å². The number of nitrogens with zero attached hydrogens (tertiary/aromatic N) is 1. The molecule has 110 valence electrons. The molecule has 6 nitrogen and oxygen atoms in total. The van der Waals surface area contributed by atoms with Crippen molar-refractivity contribution in [2.75, 3.05) is 18.1 Å². The summed E-state index contributed by atoms with van der Waals surface area (Å²) >= 11 is 5.94. The van der Waals surface area contributed by atoms with E-state index < -0.39 is 15.7 Å². The summed E-state index contributed by atoms with van der Waals surface area (Å²) in [7, 11) is -3.04. The Morgan fingerprint density at radius 2 is 2.30 bits per heavy atom. The standard InChI is InChI=1S/C12H15ClN2O4S/c1-2-19-10-4-3-9(13)11(15-10)12(16)14-8-5-6-20(17,18)7-8/h3-4,8H,2,5-7H2,1H3,(H,14,16). The van der Waals surface area contributed by atoms with Gasteiger partial charge >= 0.3 is 0 Å². The first kappa shape index (κ1) is 15.1. The Labute approximate surface area is 122 Å². The highest BCUT2D eigenvalue weighted by molar-refractivity contribution is 7.91. The van der Waals surface area contributed by atoms with E-state index in [0.29, 0.717) is 18.9 Å². The van der Waals surface area contributed by atoms with Crippen molar-refractivity contribution in [2.24, 2.45) is 0 Å². The number of pyridine rings is 1. The predicted octanol–water partition coefficient (Wildman–Crippen LogP) is 1.05. The summed E-state index contributed by atoms with van der Waals surface area (Å²) in [6.45, 7) is 2.23. The molecule has 1 amide bonds. The van der Waals surface area contributed by atoms with Crippen molar-refractivity contribution in [3.8, 4) is 5.88 Å². The number of aromatic nitrogens is 1. The van der Waals surface area contributed by atoms with Gasteiger partial charge < -0.3 is 10.1 Å². The van der Waals surface area contributed by atoms with Crippen molar-refractivity contribution in [1.29, 1.82) is 0 Å². The van der Waals surface area contributed by atoms with E-state index in [1.807, 2.05) is 0 Å². The van der Waals surface area contributed by atoms with Gasteiger partial charge in [-0.05, 0) is 19.4 Å². The summed E-state index contributed by atoms with van der Waals surface area (Å²) < 4.78 is 27.9. The van der Waals surface area contributed by atoms with Crippen LogP contribution in [0.1, 0.15) is 23.8 Å². The summed E-state index contributed by atoms with van der Waals surface area (Å²) in [5.74, 6) is -0.126. The van der Waals surface area contributed by atoms with Gasteiger partial charge in [-0.3, -0.25) is 4.79 Å². The molecule has 1 aromatic heterocycles. The van der Waals surface area contributed by atoms with Gasteiger partial charge in [0.25, 0.3) is 5.91 Å². The van der Waals surface area contributed by atoms with Gasteiger partial charge in [0.1, 0.15) is 0 Å². The lowest BCUT2D eigenvalue weighted by Crippen LogP contribution is -2.36. The lowest BCUT2D eigenvalue weighted by Gasteiger charge is -2.12. The van der Waals surface area contributed by atoms with Crippen molar-refractivity contribution in [2.45, 2.75) is 19.4 Å².